The van der Waals surface area contributed by atoms with E-state index in [-0.39, 0.29) is 24.7 Å². The van der Waals surface area contributed by atoms with Crippen molar-refractivity contribution in [3.05, 3.63) is 18.2 Å². The minimum Gasteiger partial charge on any atom is -0.481 e. The SMILES string of the molecule is CC(C)CC(N)C(=O)NC(CC(=O)O)C(=O)NC(CC(C)C)C(=O)NC(Cc1cnc[nH]1)C(=O)O. The Kier molecular flexibility index (Phi) is 11.9. The molecule has 0 aromatic carbocycles. The molecule has 35 heavy (non-hydrogen) atoms. The molecule has 0 fully saturated rings. The van der Waals surface area contributed by atoms with E-state index in [2.05, 4.69) is 25.9 Å². The van der Waals surface area contributed by atoms with Crippen LogP contribution in [0, 0.1) is 11.8 Å². The fraction of sp³-hybridized carbons (Fsp3) is 0.636. The first-order valence-electron chi connectivity index (χ1n) is 11.4. The third kappa shape index (κ3) is 11.0. The molecule has 13 nitrogen and oxygen atoms in total. The molecular weight excluding hydrogens is 460 g/mol. The Morgan fingerprint density at radius 3 is 1.91 bits per heavy atom. The lowest BCUT2D eigenvalue weighted by Crippen LogP contribution is -2.58. The average Bonchev–Trinajstić information content (AvgIpc) is 3.24. The van der Waals surface area contributed by atoms with Crippen LogP contribution in [0.5, 0.6) is 0 Å². The van der Waals surface area contributed by atoms with Gasteiger partial charge in [0.05, 0.1) is 18.8 Å². The molecule has 1 heterocycles. The van der Waals surface area contributed by atoms with E-state index in [0.717, 1.165) is 0 Å². The Morgan fingerprint density at radius 1 is 0.886 bits per heavy atom. The Morgan fingerprint density at radius 2 is 1.43 bits per heavy atom. The van der Waals surface area contributed by atoms with E-state index in [1.54, 1.807) is 13.8 Å². The highest BCUT2D eigenvalue weighted by Gasteiger charge is 2.32. The topological polar surface area (TPSA) is 217 Å². The molecule has 8 N–H and O–H groups in total. The van der Waals surface area contributed by atoms with Gasteiger partial charge in [-0.1, -0.05) is 27.7 Å². The van der Waals surface area contributed by atoms with E-state index in [1.165, 1.54) is 12.5 Å². The number of carbonyl (C=O) groups is 5. The van der Waals surface area contributed by atoms with Gasteiger partial charge >= 0.3 is 11.9 Å². The van der Waals surface area contributed by atoms with Crippen LogP contribution in [-0.4, -0.2) is 74.0 Å². The zero-order valence-corrected chi connectivity index (χ0v) is 20.4. The highest BCUT2D eigenvalue weighted by Crippen LogP contribution is 2.09. The second kappa shape index (κ2) is 14.0. The molecule has 1 aromatic heterocycles. The number of hydrogen-bond acceptors (Lipinski definition) is 7. The Bertz CT molecular complexity index is 872. The van der Waals surface area contributed by atoms with Crippen molar-refractivity contribution in [1.82, 2.24) is 25.9 Å². The maximum atomic E-state index is 12.9. The van der Waals surface area contributed by atoms with Crippen LogP contribution >= 0.6 is 0 Å². The first-order chi connectivity index (χ1) is 16.3. The van der Waals surface area contributed by atoms with Crippen LogP contribution in [0.4, 0.5) is 0 Å². The summed E-state index contributed by atoms with van der Waals surface area (Å²) in [4.78, 5) is 67.7. The van der Waals surface area contributed by atoms with Crippen molar-refractivity contribution < 1.29 is 34.2 Å². The minimum atomic E-state index is -1.47. The number of nitrogens with two attached hydrogens (primary N) is 1. The van der Waals surface area contributed by atoms with Crippen LogP contribution < -0.4 is 21.7 Å². The summed E-state index contributed by atoms with van der Waals surface area (Å²) in [5.41, 5.74) is 6.32. The number of aliphatic carboxylic acids is 2. The molecule has 1 aromatic rings. The predicted molar refractivity (Wildman–Crippen MR) is 125 cm³/mol. The van der Waals surface area contributed by atoms with Crippen molar-refractivity contribution >= 4 is 29.7 Å². The number of hydrogen-bond donors (Lipinski definition) is 7. The van der Waals surface area contributed by atoms with Gasteiger partial charge in [0.15, 0.2) is 0 Å². The van der Waals surface area contributed by atoms with Gasteiger partial charge in [0.1, 0.15) is 18.1 Å². The van der Waals surface area contributed by atoms with E-state index in [4.69, 9.17) is 5.73 Å². The Hall–Kier alpha value is -3.48. The second-order valence-corrected chi connectivity index (χ2v) is 9.27. The van der Waals surface area contributed by atoms with Crippen molar-refractivity contribution in [2.24, 2.45) is 17.6 Å². The molecule has 0 saturated heterocycles. The molecule has 196 valence electrons. The average molecular weight is 497 g/mol. The molecular formula is C22H36N6O7. The van der Waals surface area contributed by atoms with Crippen LogP contribution in [0.2, 0.25) is 0 Å². The first kappa shape index (κ1) is 29.6. The summed E-state index contributed by atoms with van der Waals surface area (Å²) in [6.07, 6.45) is 2.50. The van der Waals surface area contributed by atoms with Crippen LogP contribution in [-0.2, 0) is 30.4 Å². The number of nitrogens with zero attached hydrogens (tertiary/aromatic N) is 1. The molecule has 3 amide bonds. The summed E-state index contributed by atoms with van der Waals surface area (Å²) >= 11 is 0. The predicted octanol–water partition coefficient (Wildman–Crippen LogP) is -0.615. The molecule has 4 unspecified atom stereocenters. The number of carboxylic acid groups (broad SMARTS) is 2. The van der Waals surface area contributed by atoms with Gasteiger partial charge < -0.3 is 36.9 Å². The molecule has 13 heteroatoms. The lowest BCUT2D eigenvalue weighted by Gasteiger charge is -2.25. The van der Waals surface area contributed by atoms with Gasteiger partial charge in [0, 0.05) is 18.3 Å². The van der Waals surface area contributed by atoms with Gasteiger partial charge in [-0.3, -0.25) is 19.2 Å². The van der Waals surface area contributed by atoms with Crippen molar-refractivity contribution in [3.63, 3.8) is 0 Å². The number of rotatable bonds is 15. The summed E-state index contributed by atoms with van der Waals surface area (Å²) in [5.74, 6) is -4.92. The highest BCUT2D eigenvalue weighted by molar-refractivity contribution is 5.95. The van der Waals surface area contributed by atoms with Crippen molar-refractivity contribution in [2.45, 2.75) is 77.5 Å². The molecule has 4 atom stereocenters. The first-order valence-corrected chi connectivity index (χ1v) is 11.4. The number of carboxylic acids is 2. The van der Waals surface area contributed by atoms with Gasteiger partial charge in [-0.25, -0.2) is 9.78 Å². The Labute approximate surface area is 203 Å². The van der Waals surface area contributed by atoms with Crippen LogP contribution in [0.1, 0.15) is 52.7 Å². The number of aromatic nitrogens is 2. The van der Waals surface area contributed by atoms with Crippen molar-refractivity contribution in [2.75, 3.05) is 0 Å². The number of aromatic amines is 1. The van der Waals surface area contributed by atoms with E-state index in [9.17, 15) is 34.2 Å². The monoisotopic (exact) mass is 496 g/mol. The van der Waals surface area contributed by atoms with E-state index < -0.39 is 60.2 Å². The fourth-order valence-corrected chi connectivity index (χ4v) is 3.34. The zero-order chi connectivity index (χ0) is 26.7. The summed E-state index contributed by atoms with van der Waals surface area (Å²) in [6, 6.07) is -4.87. The fourth-order valence-electron chi connectivity index (χ4n) is 3.34. The Balaban J connectivity index is 2.98. The van der Waals surface area contributed by atoms with E-state index >= 15 is 0 Å². The third-order valence-corrected chi connectivity index (χ3v) is 5.01. The number of nitrogens with one attached hydrogen (secondary N) is 4. The van der Waals surface area contributed by atoms with E-state index in [0.29, 0.717) is 12.1 Å². The number of imidazole rings is 1. The van der Waals surface area contributed by atoms with Gasteiger partial charge in [-0.05, 0) is 24.7 Å². The van der Waals surface area contributed by atoms with Gasteiger partial charge in [-0.2, -0.15) is 0 Å². The zero-order valence-electron chi connectivity index (χ0n) is 20.4. The molecule has 0 aliphatic heterocycles. The van der Waals surface area contributed by atoms with Crippen LogP contribution in [0.25, 0.3) is 0 Å². The third-order valence-electron chi connectivity index (χ3n) is 5.01. The molecule has 0 bridgehead atoms. The van der Waals surface area contributed by atoms with Gasteiger partial charge in [0.2, 0.25) is 17.7 Å². The van der Waals surface area contributed by atoms with Crippen molar-refractivity contribution in [1.29, 1.82) is 0 Å². The van der Waals surface area contributed by atoms with E-state index in [1.807, 2.05) is 13.8 Å². The quantitative estimate of drug-likeness (QED) is 0.164. The van der Waals surface area contributed by atoms with Gasteiger partial charge in [-0.15, -0.1) is 0 Å². The summed E-state index contributed by atoms with van der Waals surface area (Å²) < 4.78 is 0. The number of carbonyl (C=O) groups excluding carboxylic acids is 3. The lowest BCUT2D eigenvalue weighted by molar-refractivity contribution is -0.143. The normalized spacial score (nSPS) is 14.6. The highest BCUT2D eigenvalue weighted by atomic mass is 16.4. The molecule has 1 rings (SSSR count). The molecule has 0 radical (unpaired) electrons. The summed E-state index contributed by atoms with van der Waals surface area (Å²) in [5, 5.41) is 25.9. The van der Waals surface area contributed by atoms with Crippen LogP contribution in [0.3, 0.4) is 0 Å². The van der Waals surface area contributed by atoms with Crippen molar-refractivity contribution in [3.8, 4) is 0 Å². The maximum absolute atomic E-state index is 12.9. The molecule has 0 saturated carbocycles. The largest absolute Gasteiger partial charge is 0.481 e. The smallest absolute Gasteiger partial charge is 0.326 e. The maximum Gasteiger partial charge on any atom is 0.326 e. The van der Waals surface area contributed by atoms with Crippen LogP contribution in [0.15, 0.2) is 12.5 Å². The minimum absolute atomic E-state index is 0.0607. The van der Waals surface area contributed by atoms with Gasteiger partial charge in [0.25, 0.3) is 0 Å². The standard InChI is InChI=1S/C22H36N6O7/c1-11(2)5-14(23)19(31)26-16(8-18(29)30)21(33)27-15(6-12(3)4)20(32)28-17(22(34)35)7-13-9-24-10-25-13/h9-12,14-17H,5-8,23H2,1-4H3,(H,24,25)(H,26,31)(H,27,33)(H,28,32)(H,29,30)(H,34,35). The summed E-state index contributed by atoms with van der Waals surface area (Å²) in [6.45, 7) is 7.32. The summed E-state index contributed by atoms with van der Waals surface area (Å²) in [7, 11) is 0. The molecule has 0 spiro atoms. The molecule has 0 aliphatic rings. The second-order valence-electron chi connectivity index (χ2n) is 9.27. The number of H-pyrrole nitrogens is 1. The number of amides is 3. The molecule has 0 aliphatic carbocycles. The lowest BCUT2D eigenvalue weighted by atomic mass is 10.0.